The Balaban J connectivity index is 3.43. The summed E-state index contributed by atoms with van der Waals surface area (Å²) in [6, 6.07) is 4.21. The van der Waals surface area contributed by atoms with Gasteiger partial charge in [-0.1, -0.05) is 6.07 Å². The van der Waals surface area contributed by atoms with Crippen LogP contribution in [-0.2, 0) is 0 Å². The third-order valence-corrected chi connectivity index (χ3v) is 1.90. The molecule has 1 aromatic rings. The number of rotatable bonds is 3. The van der Waals surface area contributed by atoms with E-state index in [-0.39, 0.29) is 11.1 Å². The van der Waals surface area contributed by atoms with Gasteiger partial charge in [-0.3, -0.25) is 0 Å². The normalized spacial score (nSPS) is 9.94. The quantitative estimate of drug-likeness (QED) is 0.858. The number of ether oxygens (including phenoxy) is 1. The maximum atomic E-state index is 12.1. The predicted octanol–water partition coefficient (Wildman–Crippen LogP) is 2.17. The van der Waals surface area contributed by atoms with Crippen molar-refractivity contribution >= 4 is 5.97 Å². The van der Waals surface area contributed by atoms with Gasteiger partial charge < -0.3 is 9.84 Å². The Labute approximate surface area is 89.7 Å². The molecule has 0 heterocycles. The van der Waals surface area contributed by atoms with Crippen LogP contribution in [0.3, 0.4) is 0 Å². The summed E-state index contributed by atoms with van der Waals surface area (Å²) in [5, 5.41) is 17.5. The van der Waals surface area contributed by atoms with Crippen molar-refractivity contribution in [2.45, 2.75) is 13.5 Å². The van der Waals surface area contributed by atoms with Gasteiger partial charge in [0.05, 0.1) is 5.56 Å². The predicted molar refractivity (Wildman–Crippen MR) is 49.5 cm³/mol. The average Bonchev–Trinajstić information content (AvgIpc) is 2.19. The van der Waals surface area contributed by atoms with Gasteiger partial charge >= 0.3 is 12.6 Å². The van der Waals surface area contributed by atoms with Crippen LogP contribution in [0.5, 0.6) is 5.75 Å². The van der Waals surface area contributed by atoms with Crippen molar-refractivity contribution in [2.24, 2.45) is 0 Å². The molecule has 1 rings (SSSR count). The molecule has 4 nitrogen and oxygen atoms in total. The molecule has 0 saturated carbocycles. The van der Waals surface area contributed by atoms with Crippen molar-refractivity contribution in [1.29, 1.82) is 5.26 Å². The number of alkyl halides is 2. The minimum Gasteiger partial charge on any atom is -0.478 e. The highest BCUT2D eigenvalue weighted by molar-refractivity contribution is 5.94. The lowest BCUT2D eigenvalue weighted by atomic mass is 10.0. The number of benzene rings is 1. The highest BCUT2D eigenvalue weighted by atomic mass is 19.3. The van der Waals surface area contributed by atoms with E-state index in [2.05, 4.69) is 4.74 Å². The zero-order valence-electron chi connectivity index (χ0n) is 8.20. The Hall–Kier alpha value is -2.16. The van der Waals surface area contributed by atoms with Gasteiger partial charge in [0, 0.05) is 0 Å². The Morgan fingerprint density at radius 2 is 2.19 bits per heavy atom. The lowest BCUT2D eigenvalue weighted by Crippen LogP contribution is -2.10. The molecule has 0 fully saturated rings. The number of carboxylic acids is 1. The van der Waals surface area contributed by atoms with Gasteiger partial charge in [0.2, 0.25) is 0 Å². The third-order valence-electron chi connectivity index (χ3n) is 1.90. The molecule has 0 spiro atoms. The van der Waals surface area contributed by atoms with Gasteiger partial charge in [-0.15, -0.1) is 0 Å². The van der Waals surface area contributed by atoms with Gasteiger partial charge in [-0.05, 0) is 18.6 Å². The largest absolute Gasteiger partial charge is 0.478 e. The summed E-state index contributed by atoms with van der Waals surface area (Å²) >= 11 is 0. The first-order valence-corrected chi connectivity index (χ1v) is 4.19. The van der Waals surface area contributed by atoms with E-state index in [4.69, 9.17) is 10.4 Å². The smallest absolute Gasteiger partial charge is 0.387 e. The Kier molecular flexibility index (Phi) is 3.40. The van der Waals surface area contributed by atoms with Crippen LogP contribution in [0.2, 0.25) is 0 Å². The molecule has 0 atom stereocenters. The van der Waals surface area contributed by atoms with E-state index >= 15 is 0 Å². The molecule has 1 aromatic carbocycles. The summed E-state index contributed by atoms with van der Waals surface area (Å²) < 4.78 is 28.3. The molecule has 0 saturated heterocycles. The van der Waals surface area contributed by atoms with Crippen LogP contribution in [0.1, 0.15) is 21.5 Å². The van der Waals surface area contributed by atoms with Gasteiger partial charge in [-0.2, -0.15) is 14.0 Å². The number of halogens is 2. The minimum absolute atomic E-state index is 0.214. The van der Waals surface area contributed by atoms with E-state index < -0.39 is 23.9 Å². The van der Waals surface area contributed by atoms with Crippen molar-refractivity contribution in [2.75, 3.05) is 0 Å². The van der Waals surface area contributed by atoms with E-state index in [0.29, 0.717) is 0 Å². The number of nitrogens with zero attached hydrogens (tertiary/aromatic N) is 1. The van der Waals surface area contributed by atoms with Crippen LogP contribution in [0.25, 0.3) is 0 Å². The van der Waals surface area contributed by atoms with E-state index in [1.807, 2.05) is 0 Å². The molecule has 0 amide bonds. The van der Waals surface area contributed by atoms with Gasteiger partial charge in [-0.25, -0.2) is 4.79 Å². The Morgan fingerprint density at radius 3 is 2.62 bits per heavy atom. The molecule has 0 aliphatic carbocycles. The molecule has 0 bridgehead atoms. The number of hydrogen-bond donors (Lipinski definition) is 1. The summed E-state index contributed by atoms with van der Waals surface area (Å²) in [5.74, 6) is -1.95. The zero-order chi connectivity index (χ0) is 12.3. The fraction of sp³-hybridized carbons (Fsp3) is 0.200. The third kappa shape index (κ3) is 2.25. The second-order valence-electron chi connectivity index (χ2n) is 2.93. The summed E-state index contributed by atoms with van der Waals surface area (Å²) in [4.78, 5) is 10.9. The average molecular weight is 227 g/mol. The van der Waals surface area contributed by atoms with Crippen molar-refractivity contribution in [3.63, 3.8) is 0 Å². The molecular weight excluding hydrogens is 220 g/mol. The van der Waals surface area contributed by atoms with Crippen molar-refractivity contribution in [3.05, 3.63) is 28.8 Å². The van der Waals surface area contributed by atoms with Crippen LogP contribution in [-0.4, -0.2) is 17.7 Å². The molecule has 0 unspecified atom stereocenters. The minimum atomic E-state index is -3.13. The van der Waals surface area contributed by atoms with E-state index in [0.717, 1.165) is 0 Å². The van der Waals surface area contributed by atoms with Crippen molar-refractivity contribution in [3.8, 4) is 11.8 Å². The van der Waals surface area contributed by atoms with Crippen LogP contribution >= 0.6 is 0 Å². The highest BCUT2D eigenvalue weighted by Gasteiger charge is 2.21. The molecule has 6 heteroatoms. The highest BCUT2D eigenvalue weighted by Crippen LogP contribution is 2.28. The summed E-state index contributed by atoms with van der Waals surface area (Å²) in [5.41, 5.74) is -0.520. The number of nitriles is 1. The van der Waals surface area contributed by atoms with Crippen LogP contribution in [0.4, 0.5) is 8.78 Å². The molecule has 84 valence electrons. The summed E-state index contributed by atoms with van der Waals surface area (Å²) in [6.45, 7) is -1.71. The maximum absolute atomic E-state index is 12.1. The standard InChI is InChI=1S/C10H7F2NO3/c1-5-2-3-6(4-13)7(9(14)15)8(5)16-10(11)12/h2-3,10H,1H3,(H,14,15). The number of carbonyl (C=O) groups is 1. The Bertz CT molecular complexity index is 466. The maximum Gasteiger partial charge on any atom is 0.387 e. The molecule has 0 aliphatic heterocycles. The lowest BCUT2D eigenvalue weighted by molar-refractivity contribution is -0.0507. The van der Waals surface area contributed by atoms with Crippen LogP contribution in [0, 0.1) is 18.3 Å². The molecule has 0 aliphatic rings. The topological polar surface area (TPSA) is 70.3 Å². The number of aromatic carboxylic acids is 1. The first kappa shape index (κ1) is 11.9. The van der Waals surface area contributed by atoms with Crippen LogP contribution < -0.4 is 4.74 Å². The lowest BCUT2D eigenvalue weighted by Gasteiger charge is -2.11. The van der Waals surface area contributed by atoms with Crippen molar-refractivity contribution < 1.29 is 23.4 Å². The monoisotopic (exact) mass is 227 g/mol. The molecule has 0 aromatic heterocycles. The fourth-order valence-corrected chi connectivity index (χ4v) is 1.23. The molecule has 1 N–H and O–H groups in total. The van der Waals surface area contributed by atoms with E-state index in [1.54, 1.807) is 6.07 Å². The van der Waals surface area contributed by atoms with E-state index in [1.165, 1.54) is 19.1 Å². The van der Waals surface area contributed by atoms with Crippen LogP contribution in [0.15, 0.2) is 12.1 Å². The number of aryl methyl sites for hydroxylation is 1. The Morgan fingerprint density at radius 1 is 1.56 bits per heavy atom. The zero-order valence-corrected chi connectivity index (χ0v) is 8.20. The molecular formula is C10H7F2NO3. The molecule has 0 radical (unpaired) electrons. The SMILES string of the molecule is Cc1ccc(C#N)c(C(=O)O)c1OC(F)F. The van der Waals surface area contributed by atoms with Gasteiger partial charge in [0.25, 0.3) is 0 Å². The van der Waals surface area contributed by atoms with E-state index in [9.17, 15) is 13.6 Å². The second kappa shape index (κ2) is 4.57. The van der Waals surface area contributed by atoms with Crippen molar-refractivity contribution in [1.82, 2.24) is 0 Å². The van der Waals surface area contributed by atoms with Gasteiger partial charge in [0.15, 0.2) is 0 Å². The number of hydrogen-bond acceptors (Lipinski definition) is 3. The second-order valence-corrected chi connectivity index (χ2v) is 2.93. The first-order chi connectivity index (χ1) is 7.47. The molecule has 16 heavy (non-hydrogen) atoms. The summed E-state index contributed by atoms with van der Waals surface area (Å²) in [6.07, 6.45) is 0. The summed E-state index contributed by atoms with van der Waals surface area (Å²) in [7, 11) is 0. The van der Waals surface area contributed by atoms with Gasteiger partial charge in [0.1, 0.15) is 17.4 Å². The number of carboxylic acid groups (broad SMARTS) is 1. The fourth-order valence-electron chi connectivity index (χ4n) is 1.23. The first-order valence-electron chi connectivity index (χ1n) is 4.19.